The van der Waals surface area contributed by atoms with E-state index in [-0.39, 0.29) is 0 Å². The Bertz CT molecular complexity index is 433. The summed E-state index contributed by atoms with van der Waals surface area (Å²) in [7, 11) is 0. The van der Waals surface area contributed by atoms with Crippen LogP contribution in [-0.2, 0) is 0 Å². The van der Waals surface area contributed by atoms with Crippen LogP contribution in [0.3, 0.4) is 0 Å². The Balaban J connectivity index is 1.32. The van der Waals surface area contributed by atoms with Crippen molar-refractivity contribution in [1.29, 1.82) is 0 Å². The largest absolute Gasteiger partial charge is 0.317 e. The van der Waals surface area contributed by atoms with Gasteiger partial charge in [0.05, 0.1) is 0 Å². The minimum atomic E-state index is 0.683. The number of aromatic nitrogens is 2. The molecule has 4 nitrogen and oxygen atoms in total. The second-order valence-electron chi connectivity index (χ2n) is 6.41. The normalized spacial score (nSPS) is 22.7. The average Bonchev–Trinajstić information content (AvgIpc) is 2.92. The van der Waals surface area contributed by atoms with Gasteiger partial charge in [0.15, 0.2) is 4.34 Å². The molecule has 1 saturated heterocycles. The lowest BCUT2D eigenvalue weighted by molar-refractivity contribution is 0.116. The van der Waals surface area contributed by atoms with Crippen LogP contribution in [0.5, 0.6) is 0 Å². The molecule has 1 saturated carbocycles. The molecule has 1 aromatic rings. The van der Waals surface area contributed by atoms with E-state index in [0.29, 0.717) is 5.41 Å². The molecule has 2 fully saturated rings. The molecule has 2 N–H and O–H groups in total. The maximum Gasteiger partial charge on any atom is 0.174 e. The summed E-state index contributed by atoms with van der Waals surface area (Å²) in [5, 5.41) is 16.5. The van der Waals surface area contributed by atoms with E-state index in [0.717, 1.165) is 27.7 Å². The first-order valence-corrected chi connectivity index (χ1v) is 9.93. The van der Waals surface area contributed by atoms with Gasteiger partial charge in [0.1, 0.15) is 5.01 Å². The van der Waals surface area contributed by atoms with E-state index in [1.54, 1.807) is 11.3 Å². The fraction of sp³-hybridized carbons (Fsp3) is 0.867. The fourth-order valence-corrected chi connectivity index (χ4v) is 5.39. The highest BCUT2D eigenvalue weighted by molar-refractivity contribution is 8.01. The van der Waals surface area contributed by atoms with Gasteiger partial charge in [-0.3, -0.25) is 0 Å². The lowest BCUT2D eigenvalue weighted by atomic mass is 9.67. The van der Waals surface area contributed by atoms with Crippen molar-refractivity contribution in [1.82, 2.24) is 20.8 Å². The summed E-state index contributed by atoms with van der Waals surface area (Å²) >= 11 is 3.52. The fourth-order valence-electron chi connectivity index (χ4n) is 3.63. The van der Waals surface area contributed by atoms with E-state index in [2.05, 4.69) is 20.8 Å². The molecule has 1 aromatic heterocycles. The molecule has 2 aliphatic rings. The maximum atomic E-state index is 4.15. The number of hydrogen-bond donors (Lipinski definition) is 2. The summed E-state index contributed by atoms with van der Waals surface area (Å²) in [5.74, 6) is 1.10. The quantitative estimate of drug-likeness (QED) is 0.644. The van der Waals surface area contributed by atoms with Crippen LogP contribution in [0.15, 0.2) is 4.34 Å². The Hall–Kier alpha value is -0.170. The maximum absolute atomic E-state index is 4.15. The SMILES string of the molecule is Cc1nnc(SCCNC2CCC3(CCNCC3)CC2)s1. The molecule has 0 unspecified atom stereocenters. The molecule has 0 bridgehead atoms. The van der Waals surface area contributed by atoms with Crippen molar-refractivity contribution < 1.29 is 0 Å². The summed E-state index contributed by atoms with van der Waals surface area (Å²) in [6, 6.07) is 0.738. The molecule has 1 aliphatic heterocycles. The highest BCUT2D eigenvalue weighted by atomic mass is 32.2. The van der Waals surface area contributed by atoms with Crippen LogP contribution in [0.2, 0.25) is 0 Å². The van der Waals surface area contributed by atoms with Crippen molar-refractivity contribution in [3.63, 3.8) is 0 Å². The number of rotatable bonds is 5. The summed E-state index contributed by atoms with van der Waals surface area (Å²) < 4.78 is 1.10. The van der Waals surface area contributed by atoms with Crippen molar-refractivity contribution >= 4 is 23.1 Å². The first-order chi connectivity index (χ1) is 10.3. The minimum Gasteiger partial charge on any atom is -0.317 e. The van der Waals surface area contributed by atoms with Gasteiger partial charge < -0.3 is 10.6 Å². The number of thioether (sulfide) groups is 1. The molecule has 6 heteroatoms. The third-order valence-electron chi connectivity index (χ3n) is 4.98. The Morgan fingerprint density at radius 3 is 2.67 bits per heavy atom. The molecular formula is C15H26N4S2. The van der Waals surface area contributed by atoms with Gasteiger partial charge in [-0.05, 0) is 64.0 Å². The van der Waals surface area contributed by atoms with Crippen LogP contribution >= 0.6 is 23.1 Å². The monoisotopic (exact) mass is 326 g/mol. The van der Waals surface area contributed by atoms with Crippen molar-refractivity contribution in [2.24, 2.45) is 5.41 Å². The predicted octanol–water partition coefficient (Wildman–Crippen LogP) is 2.84. The number of nitrogens with zero attached hydrogens (tertiary/aromatic N) is 2. The molecule has 0 atom stereocenters. The predicted molar refractivity (Wildman–Crippen MR) is 90.2 cm³/mol. The molecule has 118 valence electrons. The van der Waals surface area contributed by atoms with Gasteiger partial charge in [-0.15, -0.1) is 10.2 Å². The van der Waals surface area contributed by atoms with Crippen molar-refractivity contribution in [3.8, 4) is 0 Å². The van der Waals surface area contributed by atoms with E-state index in [9.17, 15) is 0 Å². The lowest BCUT2D eigenvalue weighted by Crippen LogP contribution is -2.43. The smallest absolute Gasteiger partial charge is 0.174 e. The Morgan fingerprint density at radius 1 is 1.24 bits per heavy atom. The first-order valence-electron chi connectivity index (χ1n) is 8.13. The second-order valence-corrected chi connectivity index (χ2v) is 8.94. The molecular weight excluding hydrogens is 300 g/mol. The topological polar surface area (TPSA) is 49.8 Å². The molecule has 2 heterocycles. The van der Waals surface area contributed by atoms with Crippen molar-refractivity contribution in [3.05, 3.63) is 5.01 Å². The summed E-state index contributed by atoms with van der Waals surface area (Å²) in [4.78, 5) is 0. The summed E-state index contributed by atoms with van der Waals surface area (Å²) in [6.45, 7) is 5.56. The Labute approximate surface area is 135 Å². The summed E-state index contributed by atoms with van der Waals surface area (Å²) in [5.41, 5.74) is 0.683. The summed E-state index contributed by atoms with van der Waals surface area (Å²) in [6.07, 6.45) is 8.37. The molecule has 0 aromatic carbocycles. The molecule has 3 rings (SSSR count). The highest BCUT2D eigenvalue weighted by Gasteiger charge is 2.35. The lowest BCUT2D eigenvalue weighted by Gasteiger charge is -2.43. The van der Waals surface area contributed by atoms with Gasteiger partial charge in [0.2, 0.25) is 0 Å². The highest BCUT2D eigenvalue weighted by Crippen LogP contribution is 2.43. The minimum absolute atomic E-state index is 0.683. The number of piperidine rings is 1. The number of hydrogen-bond acceptors (Lipinski definition) is 6. The number of aryl methyl sites for hydroxylation is 1. The third kappa shape index (κ3) is 4.41. The second kappa shape index (κ2) is 7.40. The van der Waals surface area contributed by atoms with E-state index in [1.807, 2.05) is 18.7 Å². The zero-order valence-corrected chi connectivity index (χ0v) is 14.5. The Morgan fingerprint density at radius 2 is 2.00 bits per heavy atom. The van der Waals surface area contributed by atoms with Gasteiger partial charge >= 0.3 is 0 Å². The Kier molecular flexibility index (Phi) is 5.54. The van der Waals surface area contributed by atoms with Crippen LogP contribution in [0, 0.1) is 12.3 Å². The van der Waals surface area contributed by atoms with Crippen LogP contribution in [-0.4, -0.2) is 41.6 Å². The van der Waals surface area contributed by atoms with Crippen LogP contribution in [0.25, 0.3) is 0 Å². The van der Waals surface area contributed by atoms with Crippen molar-refractivity contribution in [2.45, 2.75) is 55.8 Å². The van der Waals surface area contributed by atoms with E-state index in [1.165, 1.54) is 51.6 Å². The number of nitrogens with one attached hydrogen (secondary N) is 2. The van der Waals surface area contributed by atoms with E-state index in [4.69, 9.17) is 0 Å². The average molecular weight is 327 g/mol. The van der Waals surface area contributed by atoms with E-state index >= 15 is 0 Å². The van der Waals surface area contributed by atoms with Gasteiger partial charge in [-0.25, -0.2) is 0 Å². The third-order valence-corrected chi connectivity index (χ3v) is 6.95. The molecule has 0 radical (unpaired) electrons. The standard InChI is InChI=1S/C15H26N4S2/c1-12-18-19-14(21-12)20-11-10-17-13-2-4-15(5-3-13)6-8-16-9-7-15/h13,16-17H,2-11H2,1H3. The van der Waals surface area contributed by atoms with Crippen LogP contribution in [0.1, 0.15) is 43.5 Å². The van der Waals surface area contributed by atoms with Gasteiger partial charge in [0.25, 0.3) is 0 Å². The van der Waals surface area contributed by atoms with Gasteiger partial charge in [-0.2, -0.15) is 0 Å². The van der Waals surface area contributed by atoms with Crippen molar-refractivity contribution in [2.75, 3.05) is 25.4 Å². The van der Waals surface area contributed by atoms with Gasteiger partial charge in [-0.1, -0.05) is 23.1 Å². The molecule has 0 amide bonds. The molecule has 1 spiro atoms. The zero-order chi connectivity index (χ0) is 14.5. The van der Waals surface area contributed by atoms with Crippen LogP contribution in [0.4, 0.5) is 0 Å². The molecule has 21 heavy (non-hydrogen) atoms. The molecule has 1 aliphatic carbocycles. The van der Waals surface area contributed by atoms with Gasteiger partial charge in [0, 0.05) is 18.3 Å². The van der Waals surface area contributed by atoms with E-state index < -0.39 is 0 Å². The van der Waals surface area contributed by atoms with Crippen LogP contribution < -0.4 is 10.6 Å². The zero-order valence-electron chi connectivity index (χ0n) is 12.9. The first kappa shape index (κ1) is 15.7.